The molecule has 3 aromatic rings. The number of para-hydroxylation sites is 1. The number of hydrogen-bond acceptors (Lipinski definition) is 6. The van der Waals surface area contributed by atoms with E-state index in [2.05, 4.69) is 31.2 Å². The molecular formula is C29H37N9O5. The Hall–Kier alpha value is -5.40. The van der Waals surface area contributed by atoms with Crippen LogP contribution in [0.2, 0.25) is 0 Å². The van der Waals surface area contributed by atoms with Crippen molar-refractivity contribution in [2.75, 3.05) is 13.1 Å². The zero-order valence-electron chi connectivity index (χ0n) is 23.5. The predicted octanol–water partition coefficient (Wildman–Crippen LogP) is -1.31. The molecule has 228 valence electrons. The Balaban J connectivity index is 1.82. The number of nitrogens with one attached hydrogen (secondary N) is 5. The summed E-state index contributed by atoms with van der Waals surface area (Å²) < 4.78 is 0. The number of carbonyl (C=O) groups is 5. The van der Waals surface area contributed by atoms with Crippen LogP contribution in [0, 0.1) is 0 Å². The highest BCUT2D eigenvalue weighted by Crippen LogP contribution is 2.19. The number of hydrogen-bond donors (Lipinski definition) is 8. The second-order valence-corrected chi connectivity index (χ2v) is 9.85. The van der Waals surface area contributed by atoms with Crippen LogP contribution in [0.5, 0.6) is 0 Å². The average molecular weight is 592 g/mol. The SMILES string of the molecule is NC(=O)CNC(=O)[C@H](Cc1c[nH]c2ccccc12)NC(=O)[C@H](CCCN=C(N)N)NC(=O)C(Cc1ccccc1)NC=O. The number of aliphatic imine (C=N–C) groups is 1. The van der Waals surface area contributed by atoms with Gasteiger partial charge in [-0.25, -0.2) is 0 Å². The highest BCUT2D eigenvalue weighted by molar-refractivity contribution is 5.95. The molecule has 0 aliphatic rings. The van der Waals surface area contributed by atoms with Crippen LogP contribution in [0.25, 0.3) is 10.9 Å². The molecule has 14 nitrogen and oxygen atoms in total. The molecule has 3 rings (SSSR count). The van der Waals surface area contributed by atoms with Gasteiger partial charge in [-0.1, -0.05) is 48.5 Å². The Morgan fingerprint density at radius 2 is 1.51 bits per heavy atom. The van der Waals surface area contributed by atoms with Crippen molar-refractivity contribution in [3.8, 4) is 0 Å². The molecule has 0 saturated carbocycles. The molecule has 0 fully saturated rings. The lowest BCUT2D eigenvalue weighted by Gasteiger charge is -2.25. The molecule has 0 aliphatic carbocycles. The van der Waals surface area contributed by atoms with Gasteiger partial charge in [0, 0.05) is 36.5 Å². The Kier molecular flexibility index (Phi) is 12.1. The number of primary amides is 1. The quantitative estimate of drug-likeness (QED) is 0.0408. The minimum Gasteiger partial charge on any atom is -0.370 e. The Morgan fingerprint density at radius 1 is 0.837 bits per heavy atom. The van der Waals surface area contributed by atoms with E-state index in [1.54, 1.807) is 6.20 Å². The van der Waals surface area contributed by atoms with Crippen molar-refractivity contribution in [2.24, 2.45) is 22.2 Å². The van der Waals surface area contributed by atoms with Crippen molar-refractivity contribution in [1.82, 2.24) is 26.3 Å². The van der Waals surface area contributed by atoms with Gasteiger partial charge in [0.2, 0.25) is 30.0 Å². The van der Waals surface area contributed by atoms with E-state index in [4.69, 9.17) is 17.2 Å². The number of guanidine groups is 1. The van der Waals surface area contributed by atoms with Gasteiger partial charge in [-0.15, -0.1) is 0 Å². The maximum absolute atomic E-state index is 13.6. The lowest BCUT2D eigenvalue weighted by molar-refractivity contribution is -0.133. The third-order valence-corrected chi connectivity index (χ3v) is 6.62. The van der Waals surface area contributed by atoms with Crippen LogP contribution in [-0.2, 0) is 36.8 Å². The molecule has 1 aromatic heterocycles. The summed E-state index contributed by atoms with van der Waals surface area (Å²) in [7, 11) is 0. The summed E-state index contributed by atoms with van der Waals surface area (Å²) in [5, 5.41) is 11.2. The first-order chi connectivity index (χ1) is 20.7. The molecule has 5 amide bonds. The lowest BCUT2D eigenvalue weighted by Crippen LogP contribution is -2.57. The minimum atomic E-state index is -1.11. The van der Waals surface area contributed by atoms with E-state index in [0.717, 1.165) is 22.0 Å². The molecule has 0 saturated heterocycles. The second kappa shape index (κ2) is 16.1. The fraction of sp³-hybridized carbons (Fsp3) is 0.310. The van der Waals surface area contributed by atoms with Crippen molar-refractivity contribution in [1.29, 1.82) is 0 Å². The number of nitrogens with zero attached hydrogens (tertiary/aromatic N) is 1. The van der Waals surface area contributed by atoms with E-state index in [-0.39, 0.29) is 31.8 Å². The van der Waals surface area contributed by atoms with Gasteiger partial charge in [0.05, 0.1) is 6.54 Å². The summed E-state index contributed by atoms with van der Waals surface area (Å²) in [6, 6.07) is 13.3. The molecular weight excluding hydrogens is 554 g/mol. The van der Waals surface area contributed by atoms with Crippen LogP contribution < -0.4 is 38.5 Å². The number of aromatic nitrogens is 1. The second-order valence-electron chi connectivity index (χ2n) is 9.85. The highest BCUT2D eigenvalue weighted by Gasteiger charge is 2.29. The van der Waals surface area contributed by atoms with E-state index in [0.29, 0.717) is 12.8 Å². The first-order valence-corrected chi connectivity index (χ1v) is 13.7. The summed E-state index contributed by atoms with van der Waals surface area (Å²) >= 11 is 0. The first-order valence-electron chi connectivity index (χ1n) is 13.7. The van der Waals surface area contributed by atoms with Gasteiger partial charge < -0.3 is 43.5 Å². The number of amides is 5. The summed E-state index contributed by atoms with van der Waals surface area (Å²) in [6.07, 6.45) is 2.86. The van der Waals surface area contributed by atoms with Gasteiger partial charge in [0.1, 0.15) is 18.1 Å². The predicted molar refractivity (Wildman–Crippen MR) is 161 cm³/mol. The van der Waals surface area contributed by atoms with Crippen LogP contribution in [0.1, 0.15) is 24.0 Å². The summed E-state index contributed by atoms with van der Waals surface area (Å²) in [5.74, 6) is -2.74. The Morgan fingerprint density at radius 3 is 2.21 bits per heavy atom. The molecule has 2 aromatic carbocycles. The Bertz CT molecular complexity index is 1440. The molecule has 3 atom stereocenters. The van der Waals surface area contributed by atoms with Crippen LogP contribution in [0.15, 0.2) is 65.8 Å². The molecule has 14 heteroatoms. The third kappa shape index (κ3) is 10.2. The average Bonchev–Trinajstić information content (AvgIpc) is 3.39. The van der Waals surface area contributed by atoms with Gasteiger partial charge in [-0.2, -0.15) is 0 Å². The van der Waals surface area contributed by atoms with E-state index in [1.165, 1.54) is 0 Å². The first kappa shape index (κ1) is 32.1. The molecule has 11 N–H and O–H groups in total. The largest absolute Gasteiger partial charge is 0.370 e. The zero-order valence-corrected chi connectivity index (χ0v) is 23.5. The number of aromatic amines is 1. The van der Waals surface area contributed by atoms with E-state index in [9.17, 15) is 24.0 Å². The fourth-order valence-corrected chi connectivity index (χ4v) is 4.50. The topological polar surface area (TPSA) is 240 Å². The summed E-state index contributed by atoms with van der Waals surface area (Å²) in [5.41, 5.74) is 18.4. The van der Waals surface area contributed by atoms with Crippen LogP contribution >= 0.6 is 0 Å². The van der Waals surface area contributed by atoms with Gasteiger partial charge in [-0.3, -0.25) is 29.0 Å². The summed E-state index contributed by atoms with van der Waals surface area (Å²) in [6.45, 7) is -0.226. The minimum absolute atomic E-state index is 0.0817. The van der Waals surface area contributed by atoms with Crippen LogP contribution in [0.3, 0.4) is 0 Å². The van der Waals surface area contributed by atoms with Gasteiger partial charge >= 0.3 is 0 Å². The Labute approximate surface area is 248 Å². The van der Waals surface area contributed by atoms with Gasteiger partial charge in [-0.05, 0) is 30.0 Å². The van der Waals surface area contributed by atoms with Crippen LogP contribution in [0.4, 0.5) is 0 Å². The number of H-pyrrole nitrogens is 1. The molecule has 0 radical (unpaired) electrons. The summed E-state index contributed by atoms with van der Waals surface area (Å²) in [4.78, 5) is 69.6. The number of nitrogens with two attached hydrogens (primary N) is 3. The normalized spacial score (nSPS) is 12.7. The smallest absolute Gasteiger partial charge is 0.243 e. The maximum atomic E-state index is 13.6. The van der Waals surface area contributed by atoms with Crippen molar-refractivity contribution in [2.45, 2.75) is 43.8 Å². The highest BCUT2D eigenvalue weighted by atomic mass is 16.2. The van der Waals surface area contributed by atoms with Crippen molar-refractivity contribution in [3.05, 3.63) is 71.9 Å². The van der Waals surface area contributed by atoms with Crippen molar-refractivity contribution >= 4 is 46.9 Å². The van der Waals surface area contributed by atoms with Gasteiger partial charge in [0.15, 0.2) is 5.96 Å². The van der Waals surface area contributed by atoms with Crippen LogP contribution in [-0.4, -0.2) is 72.2 Å². The standard InChI is InChI=1S/C29H37N9O5/c30-25(40)16-35-26(41)24(14-19-15-34-21-10-5-4-9-20(19)21)38-27(42)22(11-6-12-33-29(31)32)37-28(43)23(36-17-39)13-18-7-2-1-3-8-18/h1-5,7-10,15,17,22-24,34H,6,11-14,16H2,(H2,30,40)(H,35,41)(H,36,39)(H,37,43)(H,38,42)(H4,31,32,33)/t22-,23?,24-/m0/s1. The van der Waals surface area contributed by atoms with E-state index >= 15 is 0 Å². The number of rotatable bonds is 17. The number of carbonyl (C=O) groups excluding carboxylic acids is 5. The third-order valence-electron chi connectivity index (χ3n) is 6.62. The molecule has 1 unspecified atom stereocenters. The molecule has 0 aliphatic heterocycles. The van der Waals surface area contributed by atoms with E-state index in [1.807, 2.05) is 54.6 Å². The maximum Gasteiger partial charge on any atom is 0.243 e. The van der Waals surface area contributed by atoms with Crippen molar-refractivity contribution < 1.29 is 24.0 Å². The molecule has 0 bridgehead atoms. The molecule has 0 spiro atoms. The number of benzene rings is 2. The van der Waals surface area contributed by atoms with Gasteiger partial charge in [0.25, 0.3) is 0 Å². The molecule has 1 heterocycles. The monoisotopic (exact) mass is 591 g/mol. The zero-order chi connectivity index (χ0) is 31.2. The number of fused-ring (bicyclic) bond motifs is 1. The van der Waals surface area contributed by atoms with Crippen molar-refractivity contribution in [3.63, 3.8) is 0 Å². The molecule has 43 heavy (non-hydrogen) atoms. The lowest BCUT2D eigenvalue weighted by atomic mass is 10.0. The fourth-order valence-electron chi connectivity index (χ4n) is 4.50. The van der Waals surface area contributed by atoms with E-state index < -0.39 is 48.3 Å².